The molecule has 0 aliphatic carbocycles. The lowest BCUT2D eigenvalue weighted by Gasteiger charge is -2.40. The smallest absolute Gasteiger partial charge is 0.279 e. The van der Waals surface area contributed by atoms with E-state index in [1.54, 1.807) is 36.2 Å². The first-order chi connectivity index (χ1) is 17.8. The van der Waals surface area contributed by atoms with Gasteiger partial charge in [0.2, 0.25) is 5.91 Å². The molecule has 2 aromatic rings. The highest BCUT2D eigenvalue weighted by Gasteiger charge is 2.38. The Morgan fingerprint density at radius 1 is 1.19 bits per heavy atom. The van der Waals surface area contributed by atoms with E-state index in [1.807, 2.05) is 30.3 Å². The summed E-state index contributed by atoms with van der Waals surface area (Å²) in [5.41, 5.74) is 1.37. The molecule has 0 unspecified atom stereocenters. The van der Waals surface area contributed by atoms with E-state index in [9.17, 15) is 20.0 Å². The number of nitrogens with zero attached hydrogens (tertiary/aromatic N) is 4. The first-order valence-corrected chi connectivity index (χ1v) is 12.2. The van der Waals surface area contributed by atoms with Crippen molar-refractivity contribution < 1.29 is 14.7 Å². The number of nitrogens with one attached hydrogen (secondary N) is 2. The topological polar surface area (TPSA) is 133 Å². The van der Waals surface area contributed by atoms with Gasteiger partial charge in [-0.25, -0.2) is 4.99 Å². The van der Waals surface area contributed by atoms with Crippen molar-refractivity contribution in [1.29, 1.82) is 10.7 Å². The average Bonchev–Trinajstić information content (AvgIpc) is 2.92. The Morgan fingerprint density at radius 3 is 2.59 bits per heavy atom. The summed E-state index contributed by atoms with van der Waals surface area (Å²) in [5, 5.41) is 31.8. The number of carbonyl (C=O) groups excluding carboxylic acids is 2. The Kier molecular flexibility index (Phi) is 7.80. The lowest BCUT2D eigenvalue weighted by molar-refractivity contribution is -0.137. The number of aliphatic hydroxyl groups is 1. The summed E-state index contributed by atoms with van der Waals surface area (Å²) < 4.78 is 0. The van der Waals surface area contributed by atoms with Gasteiger partial charge in [-0.05, 0) is 37.0 Å². The van der Waals surface area contributed by atoms with Crippen LogP contribution in [0.4, 0.5) is 0 Å². The second kappa shape index (κ2) is 11.2. The van der Waals surface area contributed by atoms with Gasteiger partial charge in [-0.3, -0.25) is 19.9 Å². The van der Waals surface area contributed by atoms with Crippen LogP contribution in [0.15, 0.2) is 65.3 Å². The minimum atomic E-state index is -1.17. The molecule has 0 aromatic heterocycles. The number of aliphatic imine (C=N–C) groups is 1. The van der Waals surface area contributed by atoms with Gasteiger partial charge in [0.25, 0.3) is 5.91 Å². The van der Waals surface area contributed by atoms with Gasteiger partial charge >= 0.3 is 0 Å². The Labute approximate surface area is 216 Å². The van der Waals surface area contributed by atoms with Gasteiger partial charge in [-0.1, -0.05) is 42.5 Å². The highest BCUT2D eigenvalue weighted by Crippen LogP contribution is 2.26. The number of carbonyl (C=O) groups is 2. The predicted octanol–water partition coefficient (Wildman–Crippen LogP) is 2.32. The monoisotopic (exact) mass is 498 g/mol. The molecule has 3 N–H and O–H groups in total. The fourth-order valence-electron chi connectivity index (χ4n) is 4.64. The predicted molar refractivity (Wildman–Crippen MR) is 141 cm³/mol. The zero-order valence-electron chi connectivity index (χ0n) is 20.8. The van der Waals surface area contributed by atoms with Crippen molar-refractivity contribution in [2.24, 2.45) is 4.99 Å². The molecular weight excluding hydrogens is 468 g/mol. The van der Waals surface area contributed by atoms with Crippen molar-refractivity contribution in [1.82, 2.24) is 15.1 Å². The second-order valence-electron chi connectivity index (χ2n) is 9.31. The van der Waals surface area contributed by atoms with Gasteiger partial charge in [0.15, 0.2) is 0 Å². The molecule has 2 heterocycles. The van der Waals surface area contributed by atoms with Crippen LogP contribution < -0.4 is 5.32 Å². The molecule has 0 atom stereocenters. The van der Waals surface area contributed by atoms with Gasteiger partial charge in [-0.2, -0.15) is 5.26 Å². The van der Waals surface area contributed by atoms with Crippen LogP contribution in [-0.2, 0) is 16.0 Å². The maximum Gasteiger partial charge on any atom is 0.279 e. The molecule has 1 fully saturated rings. The number of hydrogen-bond acceptors (Lipinski definition) is 7. The van der Waals surface area contributed by atoms with Gasteiger partial charge in [0, 0.05) is 32.1 Å². The van der Waals surface area contributed by atoms with Gasteiger partial charge in [0.1, 0.15) is 11.4 Å². The first-order valence-electron chi connectivity index (χ1n) is 12.2. The fourth-order valence-corrected chi connectivity index (χ4v) is 4.64. The van der Waals surface area contributed by atoms with E-state index < -0.39 is 11.5 Å². The van der Waals surface area contributed by atoms with Crippen LogP contribution in [0.25, 0.3) is 5.70 Å². The minimum Gasteiger partial charge on any atom is -0.388 e. The van der Waals surface area contributed by atoms with Crippen LogP contribution in [0.5, 0.6) is 0 Å². The van der Waals surface area contributed by atoms with Crippen molar-refractivity contribution in [3.63, 3.8) is 0 Å². The summed E-state index contributed by atoms with van der Waals surface area (Å²) in [6, 6.07) is 18.8. The SMILES string of the molecule is CN/C(=C1/N=CN(CC2(O)CCN(C(=O)CCc3ccccc3)CC2)C(=O)C1=N)c1cccc(C#N)c1. The number of aryl methyl sites for hydroxylation is 1. The van der Waals surface area contributed by atoms with Crippen molar-refractivity contribution in [3.8, 4) is 6.07 Å². The average molecular weight is 499 g/mol. The molecule has 0 bridgehead atoms. The Bertz CT molecular complexity index is 1290. The zero-order chi connectivity index (χ0) is 26.4. The summed E-state index contributed by atoms with van der Waals surface area (Å²) in [6.45, 7) is 0.811. The molecule has 0 radical (unpaired) electrons. The fraction of sp³-hybridized carbons (Fsp3) is 0.321. The second-order valence-corrected chi connectivity index (χ2v) is 9.31. The van der Waals surface area contributed by atoms with Gasteiger partial charge in [-0.15, -0.1) is 0 Å². The summed E-state index contributed by atoms with van der Waals surface area (Å²) in [4.78, 5) is 33.1. The van der Waals surface area contributed by atoms with Crippen molar-refractivity contribution >= 4 is 29.6 Å². The third-order valence-electron chi connectivity index (χ3n) is 6.79. The van der Waals surface area contributed by atoms with E-state index >= 15 is 0 Å². The van der Waals surface area contributed by atoms with E-state index in [2.05, 4.69) is 16.4 Å². The molecule has 2 aliphatic heterocycles. The highest BCUT2D eigenvalue weighted by atomic mass is 16.3. The number of hydrogen-bond donors (Lipinski definition) is 3. The van der Waals surface area contributed by atoms with Crippen LogP contribution in [0.2, 0.25) is 0 Å². The standard InChI is InChI=1S/C28H30N6O3/c1-31-25(22-9-5-8-21(16-22)17-29)26-24(30)27(36)34(19-32-26)18-28(37)12-14-33(15-13-28)23(35)11-10-20-6-3-2-4-7-20/h2-9,16,19,30-31,37H,10-15,18H2,1H3/b26-25+,30-24?. The number of β-amino-alcohol motifs (C(OH)–C–C–N with tert-alkyl or cyclic N) is 1. The third kappa shape index (κ3) is 5.93. The number of likely N-dealkylation sites (tertiary alicyclic amines) is 1. The number of rotatable bonds is 7. The molecule has 9 nitrogen and oxygen atoms in total. The zero-order valence-corrected chi connectivity index (χ0v) is 20.8. The maximum absolute atomic E-state index is 13.0. The van der Waals surface area contributed by atoms with Crippen molar-refractivity contribution in [3.05, 3.63) is 77.0 Å². The highest BCUT2D eigenvalue weighted by molar-refractivity contribution is 6.47. The van der Waals surface area contributed by atoms with Crippen LogP contribution in [0.1, 0.15) is 36.0 Å². The van der Waals surface area contributed by atoms with Crippen molar-refractivity contribution in [2.45, 2.75) is 31.3 Å². The van der Waals surface area contributed by atoms with E-state index in [0.29, 0.717) is 55.6 Å². The number of amides is 2. The molecule has 2 amide bonds. The summed E-state index contributed by atoms with van der Waals surface area (Å²) in [6.07, 6.45) is 3.10. The summed E-state index contributed by atoms with van der Waals surface area (Å²) in [5.74, 6) is -0.512. The minimum absolute atomic E-state index is 0.00412. The molecule has 1 saturated heterocycles. The lowest BCUT2D eigenvalue weighted by Crippen LogP contribution is -2.54. The Balaban J connectivity index is 1.39. The van der Waals surface area contributed by atoms with Gasteiger partial charge < -0.3 is 15.3 Å². The normalized spacial score (nSPS) is 18.4. The van der Waals surface area contributed by atoms with Crippen LogP contribution in [0.3, 0.4) is 0 Å². The molecule has 2 aromatic carbocycles. The molecule has 0 spiro atoms. The molecule has 0 saturated carbocycles. The van der Waals surface area contributed by atoms with E-state index in [4.69, 9.17) is 5.41 Å². The summed E-state index contributed by atoms with van der Waals surface area (Å²) in [7, 11) is 1.67. The number of nitriles is 1. The van der Waals surface area contributed by atoms with Crippen LogP contribution >= 0.6 is 0 Å². The largest absolute Gasteiger partial charge is 0.388 e. The summed E-state index contributed by atoms with van der Waals surface area (Å²) >= 11 is 0. The van der Waals surface area contributed by atoms with E-state index in [0.717, 1.165) is 5.56 Å². The van der Waals surface area contributed by atoms with Gasteiger partial charge in [0.05, 0.1) is 35.8 Å². The van der Waals surface area contributed by atoms with E-state index in [-0.39, 0.29) is 23.9 Å². The van der Waals surface area contributed by atoms with Crippen molar-refractivity contribution in [2.75, 3.05) is 26.7 Å². The number of piperidine rings is 1. The first kappa shape index (κ1) is 25.8. The third-order valence-corrected chi connectivity index (χ3v) is 6.79. The number of benzene rings is 2. The van der Waals surface area contributed by atoms with Crippen LogP contribution in [0, 0.1) is 16.7 Å². The molecule has 2 aliphatic rings. The molecule has 37 heavy (non-hydrogen) atoms. The molecule has 9 heteroatoms. The van der Waals surface area contributed by atoms with E-state index in [1.165, 1.54) is 11.2 Å². The maximum atomic E-state index is 13.0. The quantitative estimate of drug-likeness (QED) is 0.539. The Hall–Kier alpha value is -4.29. The Morgan fingerprint density at radius 2 is 1.92 bits per heavy atom. The van der Waals surface area contributed by atoms with Crippen LogP contribution in [-0.4, -0.2) is 71.1 Å². The molecule has 190 valence electrons. The lowest BCUT2D eigenvalue weighted by atomic mass is 9.90. The molecular formula is C28H30N6O3. The molecule has 4 rings (SSSR count).